The van der Waals surface area contributed by atoms with Gasteiger partial charge in [0.1, 0.15) is 0 Å². The minimum atomic E-state index is -3.21. The maximum atomic E-state index is 12.1. The molecule has 136 valence electrons. The fraction of sp³-hybridized carbons (Fsp3) is 0.412. The number of allylic oxidation sites excluding steroid dienone is 1. The van der Waals surface area contributed by atoms with Gasteiger partial charge in [-0.15, -0.1) is 0 Å². The normalized spacial score (nSPS) is 19.2. The number of benzene rings is 1. The first-order valence-corrected chi connectivity index (χ1v) is 9.56. The first kappa shape index (κ1) is 19.0. The lowest BCUT2D eigenvalue weighted by molar-refractivity contribution is -0.153. The molecule has 25 heavy (non-hydrogen) atoms. The molecule has 1 aromatic rings. The van der Waals surface area contributed by atoms with Gasteiger partial charge in [-0.05, 0) is 31.2 Å². The number of esters is 1. The standard InChI is InChI=1S/C17H22N2O5S/c1-12(24-16(20)10-13-8-9-25(22,23)11-13)17(21)18-14-4-6-15(7-5-14)19(2)3/h4-9,12-13H,10-11H2,1-3H3,(H,18,21). The van der Waals surface area contributed by atoms with E-state index < -0.39 is 33.7 Å². The fourth-order valence-corrected chi connectivity index (χ4v) is 3.77. The molecule has 1 heterocycles. The SMILES string of the molecule is CC(OC(=O)CC1C=CS(=O)(=O)C1)C(=O)Nc1ccc(N(C)C)cc1. The smallest absolute Gasteiger partial charge is 0.307 e. The van der Waals surface area contributed by atoms with Crippen LogP contribution in [0.15, 0.2) is 35.7 Å². The van der Waals surface area contributed by atoms with Gasteiger partial charge in [0.15, 0.2) is 15.9 Å². The molecule has 0 fully saturated rings. The van der Waals surface area contributed by atoms with Crippen molar-refractivity contribution in [2.75, 3.05) is 30.1 Å². The zero-order chi connectivity index (χ0) is 18.6. The summed E-state index contributed by atoms with van der Waals surface area (Å²) in [5.41, 5.74) is 1.60. The molecule has 1 N–H and O–H groups in total. The number of sulfone groups is 1. The summed E-state index contributed by atoms with van der Waals surface area (Å²) in [4.78, 5) is 25.9. The van der Waals surface area contributed by atoms with Crippen LogP contribution in [0, 0.1) is 5.92 Å². The Morgan fingerprint density at radius 2 is 1.92 bits per heavy atom. The van der Waals surface area contributed by atoms with Crippen molar-refractivity contribution in [3.63, 3.8) is 0 Å². The van der Waals surface area contributed by atoms with E-state index >= 15 is 0 Å². The molecular formula is C17H22N2O5S. The molecule has 0 saturated heterocycles. The van der Waals surface area contributed by atoms with Crippen LogP contribution < -0.4 is 10.2 Å². The second-order valence-electron chi connectivity index (χ2n) is 6.18. The van der Waals surface area contributed by atoms with Crippen molar-refractivity contribution in [3.8, 4) is 0 Å². The van der Waals surface area contributed by atoms with Crippen LogP contribution >= 0.6 is 0 Å². The monoisotopic (exact) mass is 366 g/mol. The second-order valence-corrected chi connectivity index (χ2v) is 8.12. The van der Waals surface area contributed by atoms with Gasteiger partial charge >= 0.3 is 5.97 Å². The molecule has 2 unspecified atom stereocenters. The lowest BCUT2D eigenvalue weighted by Crippen LogP contribution is -2.30. The number of nitrogens with zero attached hydrogens (tertiary/aromatic N) is 1. The summed E-state index contributed by atoms with van der Waals surface area (Å²) in [6.07, 6.45) is 0.446. The predicted octanol–water partition coefficient (Wildman–Crippen LogP) is 1.57. The molecule has 0 aliphatic carbocycles. The molecule has 0 radical (unpaired) electrons. The Hall–Kier alpha value is -2.35. The minimum absolute atomic E-state index is 0.0646. The number of nitrogens with one attached hydrogen (secondary N) is 1. The number of rotatable bonds is 6. The van der Waals surface area contributed by atoms with Crippen LogP contribution in [0.1, 0.15) is 13.3 Å². The van der Waals surface area contributed by atoms with Crippen molar-refractivity contribution in [1.29, 1.82) is 0 Å². The highest BCUT2D eigenvalue weighted by Crippen LogP contribution is 2.19. The molecule has 1 aliphatic rings. The lowest BCUT2D eigenvalue weighted by atomic mass is 10.1. The van der Waals surface area contributed by atoms with Gasteiger partial charge in [-0.1, -0.05) is 6.08 Å². The van der Waals surface area contributed by atoms with E-state index in [4.69, 9.17) is 4.74 Å². The highest BCUT2D eigenvalue weighted by atomic mass is 32.2. The highest BCUT2D eigenvalue weighted by molar-refractivity contribution is 7.94. The number of amides is 1. The third-order valence-electron chi connectivity index (χ3n) is 3.76. The molecule has 1 aliphatic heterocycles. The first-order valence-electron chi connectivity index (χ1n) is 7.85. The number of carbonyl (C=O) groups excluding carboxylic acids is 2. The number of ether oxygens (including phenoxy) is 1. The van der Waals surface area contributed by atoms with Crippen LogP contribution in [0.3, 0.4) is 0 Å². The Morgan fingerprint density at radius 1 is 1.28 bits per heavy atom. The molecular weight excluding hydrogens is 344 g/mol. The Morgan fingerprint density at radius 3 is 2.44 bits per heavy atom. The van der Waals surface area contributed by atoms with Crippen LogP contribution in [0.4, 0.5) is 11.4 Å². The minimum Gasteiger partial charge on any atom is -0.453 e. The number of hydrogen-bond donors (Lipinski definition) is 1. The molecule has 0 aromatic heterocycles. The van der Waals surface area contributed by atoms with Gasteiger partial charge in [-0.2, -0.15) is 0 Å². The van der Waals surface area contributed by atoms with Gasteiger partial charge in [0.05, 0.1) is 12.2 Å². The summed E-state index contributed by atoms with van der Waals surface area (Å²) >= 11 is 0. The maximum Gasteiger partial charge on any atom is 0.307 e. The van der Waals surface area contributed by atoms with Gasteiger partial charge in [0.25, 0.3) is 5.91 Å². The Balaban J connectivity index is 1.83. The lowest BCUT2D eigenvalue weighted by Gasteiger charge is -2.16. The third kappa shape index (κ3) is 5.60. The largest absolute Gasteiger partial charge is 0.453 e. The summed E-state index contributed by atoms with van der Waals surface area (Å²) < 4.78 is 27.7. The van der Waals surface area contributed by atoms with Crippen LogP contribution in [0.5, 0.6) is 0 Å². The van der Waals surface area contributed by atoms with E-state index in [-0.39, 0.29) is 12.2 Å². The van der Waals surface area contributed by atoms with Gasteiger partial charge in [0, 0.05) is 36.8 Å². The number of carbonyl (C=O) groups is 2. The molecule has 8 heteroatoms. The summed E-state index contributed by atoms with van der Waals surface area (Å²) in [5, 5.41) is 3.78. The zero-order valence-corrected chi connectivity index (χ0v) is 15.2. The summed E-state index contributed by atoms with van der Waals surface area (Å²) in [7, 11) is 0.626. The van der Waals surface area contributed by atoms with Gasteiger partial charge in [0.2, 0.25) is 0 Å². The Labute approximate surface area is 147 Å². The summed E-state index contributed by atoms with van der Waals surface area (Å²) in [5.74, 6) is -1.54. The molecule has 2 atom stereocenters. The van der Waals surface area contributed by atoms with E-state index in [1.165, 1.54) is 13.0 Å². The fourth-order valence-electron chi connectivity index (χ4n) is 2.37. The number of hydrogen-bond acceptors (Lipinski definition) is 6. The van der Waals surface area contributed by atoms with Crippen LogP contribution in [0.2, 0.25) is 0 Å². The van der Waals surface area contributed by atoms with Crippen LogP contribution in [-0.4, -0.2) is 46.2 Å². The van der Waals surface area contributed by atoms with Crippen molar-refractivity contribution < 1.29 is 22.7 Å². The number of anilines is 2. The topological polar surface area (TPSA) is 92.8 Å². The van der Waals surface area contributed by atoms with Crippen LogP contribution in [0.25, 0.3) is 0 Å². The van der Waals surface area contributed by atoms with Crippen molar-refractivity contribution in [2.24, 2.45) is 5.92 Å². The highest BCUT2D eigenvalue weighted by Gasteiger charge is 2.26. The van der Waals surface area contributed by atoms with E-state index in [0.717, 1.165) is 11.1 Å². The summed E-state index contributed by atoms with van der Waals surface area (Å²) in [6, 6.07) is 7.24. The first-order chi connectivity index (χ1) is 11.7. The van der Waals surface area contributed by atoms with E-state index in [9.17, 15) is 18.0 Å². The van der Waals surface area contributed by atoms with E-state index in [1.54, 1.807) is 12.1 Å². The van der Waals surface area contributed by atoms with Crippen LogP contribution in [-0.2, 0) is 24.2 Å². The molecule has 2 rings (SSSR count). The average molecular weight is 366 g/mol. The predicted molar refractivity (Wildman–Crippen MR) is 96.0 cm³/mol. The summed E-state index contributed by atoms with van der Waals surface area (Å²) in [6.45, 7) is 1.47. The average Bonchev–Trinajstić information content (AvgIpc) is 2.86. The third-order valence-corrected chi connectivity index (χ3v) is 5.23. The Kier molecular flexibility index (Phi) is 5.84. The quantitative estimate of drug-likeness (QED) is 0.768. The van der Waals surface area contributed by atoms with E-state index in [2.05, 4.69) is 5.32 Å². The van der Waals surface area contributed by atoms with Crippen molar-refractivity contribution >= 4 is 33.1 Å². The molecule has 0 spiro atoms. The van der Waals surface area contributed by atoms with Gasteiger partial charge in [-0.25, -0.2) is 8.42 Å². The Bertz CT molecular complexity index is 769. The molecule has 1 aromatic carbocycles. The molecule has 7 nitrogen and oxygen atoms in total. The zero-order valence-electron chi connectivity index (χ0n) is 14.4. The van der Waals surface area contributed by atoms with Crippen molar-refractivity contribution in [1.82, 2.24) is 0 Å². The maximum absolute atomic E-state index is 12.1. The van der Waals surface area contributed by atoms with E-state index in [0.29, 0.717) is 5.69 Å². The van der Waals surface area contributed by atoms with Crippen molar-refractivity contribution in [2.45, 2.75) is 19.4 Å². The van der Waals surface area contributed by atoms with E-state index in [1.807, 2.05) is 31.1 Å². The second kappa shape index (κ2) is 7.69. The molecule has 0 saturated carbocycles. The molecule has 1 amide bonds. The van der Waals surface area contributed by atoms with Gasteiger partial charge < -0.3 is 15.0 Å². The van der Waals surface area contributed by atoms with Gasteiger partial charge in [-0.3, -0.25) is 9.59 Å². The van der Waals surface area contributed by atoms with Crippen molar-refractivity contribution in [3.05, 3.63) is 35.7 Å². The molecule has 0 bridgehead atoms.